The lowest BCUT2D eigenvalue weighted by atomic mass is 10.1. The van der Waals surface area contributed by atoms with Gasteiger partial charge in [-0.15, -0.1) is 0 Å². The molecular weight excluding hydrogens is 472 g/mol. The highest BCUT2D eigenvalue weighted by Crippen LogP contribution is 2.43. The molecule has 2 aliphatic heterocycles. The zero-order valence-electron chi connectivity index (χ0n) is 18.9. The van der Waals surface area contributed by atoms with Crippen LogP contribution < -0.4 is 10.2 Å². The predicted octanol–water partition coefficient (Wildman–Crippen LogP) is 2.58. The molecule has 11 nitrogen and oxygen atoms in total. The number of nitrogens with zero attached hydrogens (tertiary/aromatic N) is 5. The number of sulfonamides is 1. The number of aromatic nitrogens is 2. The molecule has 2 bridgehead atoms. The molecule has 1 aromatic heterocycles. The molecule has 0 unspecified atom stereocenters. The van der Waals surface area contributed by atoms with Crippen molar-refractivity contribution in [2.24, 2.45) is 0 Å². The Morgan fingerprint density at radius 3 is 2.63 bits per heavy atom. The number of likely N-dealkylation sites (N-methyl/N-ethyl adjacent to an activating group) is 1. The number of nitro benzene ring substituents is 1. The van der Waals surface area contributed by atoms with Crippen molar-refractivity contribution in [1.82, 2.24) is 14.3 Å². The van der Waals surface area contributed by atoms with Gasteiger partial charge in [-0.25, -0.2) is 18.4 Å². The highest BCUT2D eigenvalue weighted by molar-refractivity contribution is 7.89. The molecule has 2 aromatic carbocycles. The molecule has 1 saturated heterocycles. The Morgan fingerprint density at radius 2 is 1.91 bits per heavy atom. The first-order valence-corrected chi connectivity index (χ1v) is 12.5. The fourth-order valence-corrected chi connectivity index (χ4v) is 6.07. The number of non-ortho nitro benzene ring substituents is 1. The van der Waals surface area contributed by atoms with Gasteiger partial charge in [0.1, 0.15) is 18.0 Å². The van der Waals surface area contributed by atoms with E-state index in [9.17, 15) is 18.5 Å². The lowest BCUT2D eigenvalue weighted by molar-refractivity contribution is -0.384. The zero-order chi connectivity index (χ0) is 24.6. The monoisotopic (exact) mass is 496 g/mol. The molecule has 2 atom stereocenters. The molecule has 0 amide bonds. The smallest absolute Gasteiger partial charge is 0.269 e. The second kappa shape index (κ2) is 9.21. The zero-order valence-corrected chi connectivity index (χ0v) is 19.8. The van der Waals surface area contributed by atoms with Crippen molar-refractivity contribution >= 4 is 27.3 Å². The summed E-state index contributed by atoms with van der Waals surface area (Å²) in [6, 6.07) is 14.5. The van der Waals surface area contributed by atoms with E-state index >= 15 is 0 Å². The summed E-state index contributed by atoms with van der Waals surface area (Å²) in [5.41, 5.74) is 1.55. The predicted molar refractivity (Wildman–Crippen MR) is 129 cm³/mol. The van der Waals surface area contributed by atoms with E-state index in [4.69, 9.17) is 4.74 Å². The first-order valence-electron chi connectivity index (χ1n) is 11.1. The van der Waals surface area contributed by atoms with Crippen molar-refractivity contribution in [2.45, 2.75) is 23.6 Å². The van der Waals surface area contributed by atoms with Gasteiger partial charge in [0.15, 0.2) is 6.23 Å². The third-order valence-corrected chi connectivity index (χ3v) is 8.13. The Morgan fingerprint density at radius 1 is 1.17 bits per heavy atom. The largest absolute Gasteiger partial charge is 0.368 e. The molecule has 3 aromatic rings. The standard InChI is InChI=1S/C23H24N6O5S/c1-27(12-11-16-5-3-2-4-6-16)22-20-21(25-15-26-22)24-13-18-14-34-23(20)28(18)35(32,33)19-9-7-17(8-10-19)29(30)31/h2-10,15,18,23H,11-14H2,1H3,(H,24,25,26)/t18-,23-/m0/s1. The van der Waals surface area contributed by atoms with Gasteiger partial charge < -0.3 is 15.0 Å². The Hall–Kier alpha value is -3.61. The van der Waals surface area contributed by atoms with E-state index in [0.29, 0.717) is 30.3 Å². The molecule has 1 fully saturated rings. The Labute approximate surface area is 202 Å². The van der Waals surface area contributed by atoms with Crippen molar-refractivity contribution in [3.8, 4) is 0 Å². The lowest BCUT2D eigenvalue weighted by Crippen LogP contribution is -2.40. The van der Waals surface area contributed by atoms with Crippen LogP contribution in [0, 0.1) is 10.1 Å². The topological polar surface area (TPSA) is 131 Å². The maximum atomic E-state index is 13.7. The molecule has 2 aliphatic rings. The normalized spacial score (nSPS) is 19.5. The van der Waals surface area contributed by atoms with Gasteiger partial charge in [-0.2, -0.15) is 4.31 Å². The van der Waals surface area contributed by atoms with Crippen LogP contribution in [0.3, 0.4) is 0 Å². The fourth-order valence-electron chi connectivity index (χ4n) is 4.40. The van der Waals surface area contributed by atoms with Gasteiger partial charge in [0.25, 0.3) is 5.69 Å². The van der Waals surface area contributed by atoms with Crippen LogP contribution in [0.15, 0.2) is 65.8 Å². The number of fused-ring (bicyclic) bond motifs is 4. The maximum absolute atomic E-state index is 13.7. The average Bonchev–Trinajstić information content (AvgIpc) is 3.22. The molecule has 5 rings (SSSR count). The molecule has 3 heterocycles. The van der Waals surface area contributed by atoms with Crippen molar-refractivity contribution in [3.05, 3.63) is 82.2 Å². The molecule has 35 heavy (non-hydrogen) atoms. The van der Waals surface area contributed by atoms with Crippen molar-refractivity contribution < 1.29 is 18.1 Å². The van der Waals surface area contributed by atoms with Crippen molar-refractivity contribution in [3.63, 3.8) is 0 Å². The van der Waals surface area contributed by atoms with Crippen LogP contribution >= 0.6 is 0 Å². The molecule has 0 radical (unpaired) electrons. The maximum Gasteiger partial charge on any atom is 0.269 e. The Balaban J connectivity index is 1.49. The third-order valence-electron chi connectivity index (χ3n) is 6.22. The lowest BCUT2D eigenvalue weighted by Gasteiger charge is -2.28. The SMILES string of the molecule is CN(CCc1ccccc1)c1ncnc2c1[C@@H]1OC[C@H](CN2)N1S(=O)(=O)c1ccc([N+](=O)[O-])cc1. The highest BCUT2D eigenvalue weighted by Gasteiger charge is 2.48. The molecule has 12 heteroatoms. The number of nitro groups is 1. The van der Waals surface area contributed by atoms with Crippen LogP contribution in [-0.4, -0.2) is 60.4 Å². The number of hydrogen-bond donors (Lipinski definition) is 1. The summed E-state index contributed by atoms with van der Waals surface area (Å²) in [6.07, 6.45) is 1.30. The van der Waals surface area contributed by atoms with Gasteiger partial charge in [-0.3, -0.25) is 10.1 Å². The number of ether oxygens (including phenoxy) is 1. The summed E-state index contributed by atoms with van der Waals surface area (Å²) in [5.74, 6) is 1.10. The molecule has 0 aliphatic carbocycles. The van der Waals surface area contributed by atoms with E-state index in [1.807, 2.05) is 30.1 Å². The van der Waals surface area contributed by atoms with Gasteiger partial charge >= 0.3 is 0 Å². The van der Waals surface area contributed by atoms with E-state index in [1.54, 1.807) is 0 Å². The number of rotatable bonds is 7. The highest BCUT2D eigenvalue weighted by atomic mass is 32.2. The van der Waals surface area contributed by atoms with E-state index in [-0.39, 0.29) is 17.2 Å². The summed E-state index contributed by atoms with van der Waals surface area (Å²) in [6.45, 7) is 1.16. The molecule has 1 N–H and O–H groups in total. The van der Waals surface area contributed by atoms with Crippen molar-refractivity contribution in [1.29, 1.82) is 0 Å². The van der Waals surface area contributed by atoms with E-state index in [2.05, 4.69) is 27.4 Å². The minimum Gasteiger partial charge on any atom is -0.368 e. The van der Waals surface area contributed by atoms with Crippen LogP contribution in [-0.2, 0) is 21.2 Å². The second-order valence-corrected chi connectivity index (χ2v) is 10.3. The minimum absolute atomic E-state index is 0.0390. The van der Waals surface area contributed by atoms with Gasteiger partial charge in [0.05, 0.1) is 28.0 Å². The average molecular weight is 497 g/mol. The summed E-state index contributed by atoms with van der Waals surface area (Å²) < 4.78 is 34.7. The quantitative estimate of drug-likeness (QED) is 0.387. The van der Waals surface area contributed by atoms with Crippen molar-refractivity contribution in [2.75, 3.05) is 37.0 Å². The van der Waals surface area contributed by atoms with Crippen LogP contribution in [0.25, 0.3) is 0 Å². The van der Waals surface area contributed by atoms with Crippen LogP contribution in [0.2, 0.25) is 0 Å². The number of nitrogens with one attached hydrogen (secondary N) is 1. The molecule has 0 saturated carbocycles. The van der Waals surface area contributed by atoms with Crippen LogP contribution in [0.1, 0.15) is 17.4 Å². The summed E-state index contributed by atoms with van der Waals surface area (Å²) in [4.78, 5) is 21.2. The minimum atomic E-state index is -4.03. The molecule has 182 valence electrons. The van der Waals surface area contributed by atoms with Gasteiger partial charge in [-0.1, -0.05) is 30.3 Å². The van der Waals surface area contributed by atoms with Gasteiger partial charge in [-0.05, 0) is 24.1 Å². The summed E-state index contributed by atoms with van der Waals surface area (Å²) in [7, 11) is -2.13. The molecular formula is C23H24N6O5S. The van der Waals surface area contributed by atoms with E-state index in [1.165, 1.54) is 40.5 Å². The number of benzene rings is 2. The summed E-state index contributed by atoms with van der Waals surface area (Å²) >= 11 is 0. The Kier molecular flexibility index (Phi) is 6.09. The summed E-state index contributed by atoms with van der Waals surface area (Å²) in [5, 5.41) is 14.3. The van der Waals surface area contributed by atoms with E-state index < -0.39 is 27.2 Å². The number of anilines is 2. The van der Waals surface area contributed by atoms with Gasteiger partial charge in [0.2, 0.25) is 10.0 Å². The number of hydrogen-bond acceptors (Lipinski definition) is 9. The fraction of sp³-hybridized carbons (Fsp3) is 0.304. The van der Waals surface area contributed by atoms with E-state index in [0.717, 1.165) is 6.42 Å². The van der Waals surface area contributed by atoms with Crippen LogP contribution in [0.5, 0.6) is 0 Å². The Bertz CT molecular complexity index is 1340. The third kappa shape index (κ3) is 4.31. The first kappa shape index (κ1) is 23.1. The second-order valence-electron chi connectivity index (χ2n) is 8.42. The first-order chi connectivity index (χ1) is 16.9. The van der Waals surface area contributed by atoms with Crippen LogP contribution in [0.4, 0.5) is 17.3 Å². The molecule has 0 spiro atoms. The van der Waals surface area contributed by atoms with Gasteiger partial charge in [0, 0.05) is 32.3 Å².